The van der Waals surface area contributed by atoms with Crippen molar-refractivity contribution in [3.8, 4) is 0 Å². The van der Waals surface area contributed by atoms with Crippen LogP contribution in [0.5, 0.6) is 0 Å². The number of nitrogens with zero attached hydrogens (tertiary/aromatic N) is 3. The van der Waals surface area contributed by atoms with Crippen LogP contribution in [0.25, 0.3) is 0 Å². The first-order valence-corrected chi connectivity index (χ1v) is 6.56. The molecule has 19 heavy (non-hydrogen) atoms. The molecule has 1 N–H and O–H groups in total. The highest BCUT2D eigenvalue weighted by Gasteiger charge is 2.18. The van der Waals surface area contributed by atoms with E-state index in [4.69, 9.17) is 16.7 Å². The first kappa shape index (κ1) is 15.7. The summed E-state index contributed by atoms with van der Waals surface area (Å²) in [5, 5.41) is 9.54. The Kier molecular flexibility index (Phi) is 6.05. The van der Waals surface area contributed by atoms with Crippen molar-refractivity contribution in [2.75, 3.05) is 31.6 Å². The first-order valence-electron chi connectivity index (χ1n) is 6.18. The monoisotopic (exact) mass is 285 g/mol. The number of amides is 1. The summed E-state index contributed by atoms with van der Waals surface area (Å²) in [7, 11) is 1.80. The quantitative estimate of drug-likeness (QED) is 0.858. The van der Waals surface area contributed by atoms with Crippen LogP contribution in [0.2, 0.25) is 5.02 Å². The van der Waals surface area contributed by atoms with Gasteiger partial charge < -0.3 is 14.9 Å². The second kappa shape index (κ2) is 7.31. The highest BCUT2D eigenvalue weighted by molar-refractivity contribution is 6.30. The Hall–Kier alpha value is -1.33. The van der Waals surface area contributed by atoms with Gasteiger partial charge in [-0.3, -0.25) is 4.79 Å². The minimum absolute atomic E-state index is 0.0349. The molecule has 0 aliphatic rings. The van der Waals surface area contributed by atoms with E-state index in [0.29, 0.717) is 17.4 Å². The molecule has 0 bridgehead atoms. The fourth-order valence-corrected chi connectivity index (χ4v) is 1.86. The number of aliphatic hydroxyl groups is 1. The van der Waals surface area contributed by atoms with Gasteiger partial charge >= 0.3 is 0 Å². The minimum Gasteiger partial charge on any atom is -0.395 e. The van der Waals surface area contributed by atoms with Crippen LogP contribution in [0, 0.1) is 0 Å². The number of carbonyl (C=O) groups is 1. The summed E-state index contributed by atoms with van der Waals surface area (Å²) in [6.07, 6.45) is 1.55. The molecule has 0 atom stereocenters. The van der Waals surface area contributed by atoms with Crippen LogP contribution in [0.3, 0.4) is 0 Å². The molecular weight excluding hydrogens is 266 g/mol. The zero-order valence-electron chi connectivity index (χ0n) is 11.5. The number of carbonyl (C=O) groups excluding carboxylic acids is 1. The summed E-state index contributed by atoms with van der Waals surface area (Å²) in [6, 6.07) is 3.56. The Balaban J connectivity index is 2.67. The van der Waals surface area contributed by atoms with E-state index in [0.717, 1.165) is 0 Å². The molecule has 0 spiro atoms. The molecule has 106 valence electrons. The number of anilines is 1. The molecule has 1 aromatic heterocycles. The number of aromatic nitrogens is 1. The molecule has 0 unspecified atom stereocenters. The molecule has 1 heterocycles. The minimum atomic E-state index is -0.0386. The van der Waals surface area contributed by atoms with E-state index in [2.05, 4.69) is 4.98 Å². The Morgan fingerprint density at radius 2 is 2.16 bits per heavy atom. The number of halogens is 1. The van der Waals surface area contributed by atoms with E-state index in [9.17, 15) is 4.79 Å². The number of hydrogen-bond donors (Lipinski definition) is 1. The van der Waals surface area contributed by atoms with E-state index >= 15 is 0 Å². The lowest BCUT2D eigenvalue weighted by Crippen LogP contribution is -2.44. The molecule has 1 amide bonds. The van der Waals surface area contributed by atoms with Crippen LogP contribution in [0.15, 0.2) is 18.3 Å². The van der Waals surface area contributed by atoms with Crippen molar-refractivity contribution in [3.63, 3.8) is 0 Å². The average molecular weight is 286 g/mol. The molecule has 0 saturated heterocycles. The maximum Gasteiger partial charge on any atom is 0.242 e. The SMILES string of the molecule is CC(C)N(CCO)C(=O)CN(C)c1ccc(Cl)cn1. The van der Waals surface area contributed by atoms with Crippen LogP contribution < -0.4 is 4.90 Å². The Bertz CT molecular complexity index is 409. The van der Waals surface area contributed by atoms with Crippen LogP contribution >= 0.6 is 11.6 Å². The molecule has 6 heteroatoms. The van der Waals surface area contributed by atoms with Crippen molar-refractivity contribution >= 4 is 23.3 Å². The van der Waals surface area contributed by atoms with Gasteiger partial charge in [-0.15, -0.1) is 0 Å². The number of hydrogen-bond acceptors (Lipinski definition) is 4. The average Bonchev–Trinajstić information content (AvgIpc) is 2.36. The van der Waals surface area contributed by atoms with Gasteiger partial charge in [-0.25, -0.2) is 4.98 Å². The summed E-state index contributed by atoms with van der Waals surface area (Å²) < 4.78 is 0. The second-order valence-electron chi connectivity index (χ2n) is 4.60. The van der Waals surface area contributed by atoms with Gasteiger partial charge in [0, 0.05) is 25.8 Å². The summed E-state index contributed by atoms with van der Waals surface area (Å²) in [6.45, 7) is 4.38. The van der Waals surface area contributed by atoms with E-state index in [1.54, 1.807) is 35.2 Å². The predicted molar refractivity (Wildman–Crippen MR) is 76.5 cm³/mol. The number of rotatable bonds is 6. The van der Waals surface area contributed by atoms with Crippen LogP contribution in [0.1, 0.15) is 13.8 Å². The van der Waals surface area contributed by atoms with Gasteiger partial charge in [0.25, 0.3) is 0 Å². The van der Waals surface area contributed by atoms with Crippen molar-refractivity contribution in [2.24, 2.45) is 0 Å². The standard InChI is InChI=1S/C13H20ClN3O2/c1-10(2)17(6-7-18)13(19)9-16(3)12-5-4-11(14)8-15-12/h4-5,8,10,18H,6-7,9H2,1-3H3. The normalized spacial score (nSPS) is 10.6. The number of aliphatic hydroxyl groups excluding tert-OH is 1. The third-order valence-corrected chi connectivity index (χ3v) is 2.98. The van der Waals surface area contributed by atoms with Crippen LogP contribution in [-0.4, -0.2) is 53.7 Å². The van der Waals surface area contributed by atoms with Gasteiger partial charge in [0.1, 0.15) is 5.82 Å². The zero-order valence-corrected chi connectivity index (χ0v) is 12.3. The highest BCUT2D eigenvalue weighted by Crippen LogP contribution is 2.13. The molecule has 0 aliphatic heterocycles. The first-order chi connectivity index (χ1) is 8.95. The third kappa shape index (κ3) is 4.69. The lowest BCUT2D eigenvalue weighted by molar-refractivity contribution is -0.131. The van der Waals surface area contributed by atoms with Gasteiger partial charge in [0.2, 0.25) is 5.91 Å². The van der Waals surface area contributed by atoms with Gasteiger partial charge in [-0.05, 0) is 26.0 Å². The van der Waals surface area contributed by atoms with E-state index in [1.165, 1.54) is 0 Å². The van der Waals surface area contributed by atoms with Gasteiger partial charge in [-0.1, -0.05) is 11.6 Å². The topological polar surface area (TPSA) is 56.7 Å². The van der Waals surface area contributed by atoms with Crippen molar-refractivity contribution in [3.05, 3.63) is 23.4 Å². The molecule has 0 aliphatic carbocycles. The Labute approximate surface area is 118 Å². The summed E-state index contributed by atoms with van der Waals surface area (Å²) in [4.78, 5) is 19.7. The van der Waals surface area contributed by atoms with E-state index in [-0.39, 0.29) is 25.1 Å². The van der Waals surface area contributed by atoms with Gasteiger partial charge in [-0.2, -0.15) is 0 Å². The van der Waals surface area contributed by atoms with Crippen LogP contribution in [0.4, 0.5) is 5.82 Å². The molecule has 1 rings (SSSR count). The smallest absolute Gasteiger partial charge is 0.242 e. The molecule has 5 nitrogen and oxygen atoms in total. The summed E-state index contributed by atoms with van der Waals surface area (Å²) >= 11 is 5.77. The molecule has 0 radical (unpaired) electrons. The van der Waals surface area contributed by atoms with Crippen molar-refractivity contribution in [1.82, 2.24) is 9.88 Å². The lowest BCUT2D eigenvalue weighted by Gasteiger charge is -2.28. The lowest BCUT2D eigenvalue weighted by atomic mass is 10.3. The third-order valence-electron chi connectivity index (χ3n) is 2.76. The fourth-order valence-electron chi connectivity index (χ4n) is 1.75. The number of likely N-dealkylation sites (N-methyl/N-ethyl adjacent to an activating group) is 1. The number of pyridine rings is 1. The van der Waals surface area contributed by atoms with E-state index < -0.39 is 0 Å². The molecular formula is C13H20ClN3O2. The second-order valence-corrected chi connectivity index (χ2v) is 5.03. The zero-order chi connectivity index (χ0) is 14.4. The Morgan fingerprint density at radius 1 is 1.47 bits per heavy atom. The molecule has 0 fully saturated rings. The van der Waals surface area contributed by atoms with Crippen molar-refractivity contribution in [2.45, 2.75) is 19.9 Å². The highest BCUT2D eigenvalue weighted by atomic mass is 35.5. The summed E-state index contributed by atoms with van der Waals surface area (Å²) in [5.74, 6) is 0.647. The molecule has 1 aromatic rings. The van der Waals surface area contributed by atoms with Crippen molar-refractivity contribution < 1.29 is 9.90 Å². The molecule has 0 saturated carbocycles. The summed E-state index contributed by atoms with van der Waals surface area (Å²) in [5.41, 5.74) is 0. The molecule has 0 aromatic carbocycles. The maximum absolute atomic E-state index is 12.1. The predicted octanol–water partition coefficient (Wildman–Crippen LogP) is 1.40. The van der Waals surface area contributed by atoms with Crippen molar-refractivity contribution in [1.29, 1.82) is 0 Å². The fraction of sp³-hybridized carbons (Fsp3) is 0.538. The maximum atomic E-state index is 12.1. The van der Waals surface area contributed by atoms with Gasteiger partial charge in [0.05, 0.1) is 18.2 Å². The van der Waals surface area contributed by atoms with E-state index in [1.807, 2.05) is 13.8 Å². The van der Waals surface area contributed by atoms with Crippen LogP contribution in [-0.2, 0) is 4.79 Å². The Morgan fingerprint density at radius 3 is 2.63 bits per heavy atom. The largest absolute Gasteiger partial charge is 0.395 e. The van der Waals surface area contributed by atoms with Gasteiger partial charge in [0.15, 0.2) is 0 Å².